The molecule has 0 aromatic heterocycles. The molecule has 4 N–H and O–H groups in total. The molecule has 0 unspecified atom stereocenters. The number of rotatable bonds is 9. The molecule has 1 fully saturated rings. The van der Waals surface area contributed by atoms with Crippen molar-refractivity contribution in [1.29, 1.82) is 0 Å². The predicted molar refractivity (Wildman–Crippen MR) is 98.2 cm³/mol. The molecule has 28 heavy (non-hydrogen) atoms. The molecular weight excluding hydrogens is 375 g/mol. The lowest BCUT2D eigenvalue weighted by atomic mass is 9.86. The number of carbonyl (C=O) groups excluding carboxylic acids is 2. The Balaban J connectivity index is 1.82. The third kappa shape index (κ3) is 8.06. The van der Waals surface area contributed by atoms with Crippen LogP contribution in [0, 0.1) is 12.3 Å². The van der Waals surface area contributed by atoms with Gasteiger partial charge in [-0.2, -0.15) is 0 Å². The summed E-state index contributed by atoms with van der Waals surface area (Å²) in [7, 11) is 0. The Morgan fingerprint density at radius 3 is 2.61 bits per heavy atom. The van der Waals surface area contributed by atoms with Crippen molar-refractivity contribution in [2.45, 2.75) is 50.9 Å². The van der Waals surface area contributed by atoms with Crippen LogP contribution in [-0.4, -0.2) is 30.8 Å². The van der Waals surface area contributed by atoms with E-state index in [2.05, 4.69) is 15.4 Å². The fourth-order valence-electron chi connectivity index (χ4n) is 3.17. The lowest BCUT2D eigenvalue weighted by molar-refractivity contribution is -0.274. The monoisotopic (exact) mass is 400 g/mol. The second-order valence-corrected chi connectivity index (χ2v) is 6.86. The van der Waals surface area contributed by atoms with Crippen molar-refractivity contribution in [2.75, 3.05) is 11.9 Å². The molecule has 2 rings (SSSR count). The fourth-order valence-corrected chi connectivity index (χ4v) is 3.17. The van der Waals surface area contributed by atoms with Crippen molar-refractivity contribution in [3.63, 3.8) is 0 Å². The maximum Gasteiger partial charge on any atom is 0.573 e. The number of alkyl halides is 3. The molecule has 1 radical (unpaired) electrons. The van der Waals surface area contributed by atoms with E-state index in [9.17, 15) is 22.8 Å². The highest BCUT2D eigenvalue weighted by molar-refractivity contribution is 5.90. The Labute approximate surface area is 162 Å². The van der Waals surface area contributed by atoms with E-state index < -0.39 is 24.1 Å². The maximum atomic E-state index is 12.3. The van der Waals surface area contributed by atoms with Crippen molar-refractivity contribution in [2.24, 2.45) is 11.7 Å². The zero-order chi connectivity index (χ0) is 20.6. The number of benzene rings is 1. The van der Waals surface area contributed by atoms with Gasteiger partial charge in [0.15, 0.2) is 0 Å². The summed E-state index contributed by atoms with van der Waals surface area (Å²) in [5, 5.41) is 5.32. The van der Waals surface area contributed by atoms with E-state index in [0.29, 0.717) is 18.0 Å². The summed E-state index contributed by atoms with van der Waals surface area (Å²) >= 11 is 0. The quantitative estimate of drug-likeness (QED) is 0.594. The number of nitrogens with two attached hydrogens (primary N) is 1. The normalized spacial score (nSPS) is 16.2. The topological polar surface area (TPSA) is 93.5 Å². The van der Waals surface area contributed by atoms with Gasteiger partial charge in [0.1, 0.15) is 11.8 Å². The average Bonchev–Trinajstić information content (AvgIpc) is 2.63. The SMILES string of the molecule is NC(=O)[C@H](CNc1cccc(OC(F)(F)F)c1)NC(=O)[CH]CC1CCCCC1. The summed E-state index contributed by atoms with van der Waals surface area (Å²) in [6.07, 6.45) is 3.16. The minimum atomic E-state index is -4.80. The van der Waals surface area contributed by atoms with E-state index in [1.54, 1.807) is 0 Å². The van der Waals surface area contributed by atoms with Crippen LogP contribution in [0.25, 0.3) is 0 Å². The molecule has 2 amide bonds. The van der Waals surface area contributed by atoms with E-state index in [4.69, 9.17) is 5.73 Å². The second kappa shape index (κ2) is 10.2. The molecule has 1 aromatic carbocycles. The molecule has 1 aliphatic rings. The van der Waals surface area contributed by atoms with Gasteiger partial charge in [0.2, 0.25) is 11.8 Å². The first-order valence-electron chi connectivity index (χ1n) is 9.25. The van der Waals surface area contributed by atoms with Crippen LogP contribution in [0.1, 0.15) is 38.5 Å². The number of halogens is 3. The van der Waals surface area contributed by atoms with Gasteiger partial charge in [0, 0.05) is 24.7 Å². The largest absolute Gasteiger partial charge is 0.573 e. The first-order chi connectivity index (χ1) is 13.2. The lowest BCUT2D eigenvalue weighted by Crippen LogP contribution is -2.48. The number of hydrogen-bond donors (Lipinski definition) is 3. The number of hydrogen-bond acceptors (Lipinski definition) is 4. The summed E-state index contributed by atoms with van der Waals surface area (Å²) in [5.41, 5.74) is 5.62. The summed E-state index contributed by atoms with van der Waals surface area (Å²) in [5.74, 6) is -1.03. The Hall–Kier alpha value is -2.45. The summed E-state index contributed by atoms with van der Waals surface area (Å²) in [6.45, 7) is -0.0617. The van der Waals surface area contributed by atoms with Crippen LogP contribution < -0.4 is 21.1 Å². The van der Waals surface area contributed by atoms with Crippen LogP contribution in [0.3, 0.4) is 0 Å². The third-order valence-electron chi connectivity index (χ3n) is 4.60. The van der Waals surface area contributed by atoms with Crippen molar-refractivity contribution in [1.82, 2.24) is 5.32 Å². The van der Waals surface area contributed by atoms with E-state index in [-0.39, 0.29) is 12.5 Å². The molecule has 9 heteroatoms. The van der Waals surface area contributed by atoms with Crippen LogP contribution in [-0.2, 0) is 9.59 Å². The van der Waals surface area contributed by atoms with Crippen LogP contribution >= 0.6 is 0 Å². The van der Waals surface area contributed by atoms with E-state index >= 15 is 0 Å². The highest BCUT2D eigenvalue weighted by atomic mass is 19.4. The van der Waals surface area contributed by atoms with Crippen LogP contribution in [0.15, 0.2) is 24.3 Å². The van der Waals surface area contributed by atoms with Crippen LogP contribution in [0.5, 0.6) is 5.75 Å². The lowest BCUT2D eigenvalue weighted by Gasteiger charge is -2.22. The number of primary amides is 1. The number of carbonyl (C=O) groups is 2. The molecule has 0 saturated heterocycles. The zero-order valence-electron chi connectivity index (χ0n) is 15.4. The molecule has 0 spiro atoms. The molecule has 0 aliphatic heterocycles. The van der Waals surface area contributed by atoms with Crippen LogP contribution in [0.2, 0.25) is 0 Å². The Morgan fingerprint density at radius 2 is 1.96 bits per heavy atom. The first kappa shape index (κ1) is 21.8. The Bertz CT molecular complexity index is 661. The van der Waals surface area contributed by atoms with Gasteiger partial charge in [0.05, 0.1) is 0 Å². The molecule has 1 aliphatic carbocycles. The predicted octanol–water partition coefficient (Wildman–Crippen LogP) is 3.14. The number of nitrogens with one attached hydrogen (secondary N) is 2. The molecule has 1 aromatic rings. The first-order valence-corrected chi connectivity index (χ1v) is 9.25. The van der Waals surface area contributed by atoms with Crippen molar-refractivity contribution >= 4 is 17.5 Å². The van der Waals surface area contributed by atoms with Crippen molar-refractivity contribution in [3.8, 4) is 5.75 Å². The summed E-state index contributed by atoms with van der Waals surface area (Å²) < 4.78 is 40.7. The minimum Gasteiger partial charge on any atom is -0.406 e. The smallest absolute Gasteiger partial charge is 0.406 e. The van der Waals surface area contributed by atoms with Crippen molar-refractivity contribution < 1.29 is 27.5 Å². The van der Waals surface area contributed by atoms with Gasteiger partial charge >= 0.3 is 6.36 Å². The van der Waals surface area contributed by atoms with Gasteiger partial charge in [-0.05, 0) is 24.5 Å². The van der Waals surface area contributed by atoms with E-state index in [1.165, 1.54) is 37.8 Å². The molecule has 1 saturated carbocycles. The standard InChI is InChI=1S/C19H25F3N3O3/c20-19(21,22)28-15-8-4-7-14(11-15)24-12-16(18(23)27)25-17(26)10-9-13-5-2-1-3-6-13/h4,7-8,10-11,13,16,24H,1-3,5-6,9,12H2,(H2,23,27)(H,25,26)/t16-/m0/s1. The summed E-state index contributed by atoms with van der Waals surface area (Å²) in [4.78, 5) is 23.7. The molecule has 1 atom stereocenters. The highest BCUT2D eigenvalue weighted by Crippen LogP contribution is 2.27. The van der Waals surface area contributed by atoms with E-state index in [1.807, 2.05) is 0 Å². The Kier molecular flexibility index (Phi) is 7.95. The van der Waals surface area contributed by atoms with E-state index in [0.717, 1.165) is 25.0 Å². The van der Waals surface area contributed by atoms with Gasteiger partial charge in [-0.15, -0.1) is 13.2 Å². The second-order valence-electron chi connectivity index (χ2n) is 6.86. The molecule has 0 bridgehead atoms. The number of ether oxygens (including phenoxy) is 1. The third-order valence-corrected chi connectivity index (χ3v) is 4.60. The number of amides is 2. The zero-order valence-corrected chi connectivity index (χ0v) is 15.4. The molecule has 0 heterocycles. The van der Waals surface area contributed by atoms with Gasteiger partial charge in [-0.1, -0.05) is 38.2 Å². The average molecular weight is 400 g/mol. The minimum absolute atomic E-state index is 0.0617. The molecular formula is C19H25F3N3O3. The van der Waals surface area contributed by atoms with Gasteiger partial charge in [0.25, 0.3) is 0 Å². The van der Waals surface area contributed by atoms with Crippen molar-refractivity contribution in [3.05, 3.63) is 30.7 Å². The fraction of sp³-hybridized carbons (Fsp3) is 0.526. The van der Waals surface area contributed by atoms with Crippen LogP contribution in [0.4, 0.5) is 18.9 Å². The highest BCUT2D eigenvalue weighted by Gasteiger charge is 2.31. The summed E-state index contributed by atoms with van der Waals surface area (Å²) in [6, 6.07) is 4.19. The van der Waals surface area contributed by atoms with Gasteiger partial charge in [-0.3, -0.25) is 9.59 Å². The number of anilines is 1. The maximum absolute atomic E-state index is 12.3. The Morgan fingerprint density at radius 1 is 1.25 bits per heavy atom. The van der Waals surface area contributed by atoms with Gasteiger partial charge in [-0.25, -0.2) is 0 Å². The van der Waals surface area contributed by atoms with Gasteiger partial charge < -0.3 is 21.1 Å². The molecule has 6 nitrogen and oxygen atoms in total. The molecule has 155 valence electrons.